The summed E-state index contributed by atoms with van der Waals surface area (Å²) in [4.78, 5) is 33.4. The Bertz CT molecular complexity index is 875. The average molecular weight is 378 g/mol. The highest BCUT2D eigenvalue weighted by molar-refractivity contribution is 5.91. The van der Waals surface area contributed by atoms with Gasteiger partial charge in [0.25, 0.3) is 5.91 Å². The maximum absolute atomic E-state index is 12.0. The number of anilines is 1. The molecule has 1 heterocycles. The lowest BCUT2D eigenvalue weighted by molar-refractivity contribution is -0.385. The second-order valence-electron chi connectivity index (χ2n) is 5.97. The molecule has 1 amide bonds. The summed E-state index contributed by atoms with van der Waals surface area (Å²) >= 11 is 0. The van der Waals surface area contributed by atoms with Crippen molar-refractivity contribution in [3.63, 3.8) is 0 Å². The van der Waals surface area contributed by atoms with Crippen LogP contribution < -0.4 is 14.8 Å². The van der Waals surface area contributed by atoms with Crippen molar-refractivity contribution in [2.75, 3.05) is 19.0 Å². The van der Waals surface area contributed by atoms with Crippen LogP contribution in [0.25, 0.3) is 0 Å². The number of carboxylic acid groups (broad SMARTS) is 1. The van der Waals surface area contributed by atoms with Crippen molar-refractivity contribution >= 4 is 23.3 Å². The summed E-state index contributed by atoms with van der Waals surface area (Å²) in [6.07, 6.45) is 2.71. The monoisotopic (exact) mass is 378 g/mol. The second kappa shape index (κ2) is 7.72. The maximum Gasteiger partial charge on any atom is 0.331 e. The molecule has 0 saturated heterocycles. The van der Waals surface area contributed by atoms with E-state index in [9.17, 15) is 24.8 Å². The lowest BCUT2D eigenvalue weighted by Gasteiger charge is -2.19. The van der Waals surface area contributed by atoms with Crippen LogP contribution in [0.1, 0.15) is 13.8 Å². The van der Waals surface area contributed by atoms with Gasteiger partial charge in [-0.05, 0) is 19.9 Å². The van der Waals surface area contributed by atoms with Gasteiger partial charge in [-0.15, -0.1) is 0 Å². The highest BCUT2D eigenvalue weighted by Gasteiger charge is 2.30. The average Bonchev–Trinajstić information content (AvgIpc) is 3.08. The van der Waals surface area contributed by atoms with E-state index in [4.69, 9.17) is 9.47 Å². The Kier molecular flexibility index (Phi) is 5.63. The van der Waals surface area contributed by atoms with Crippen LogP contribution in [0.2, 0.25) is 0 Å². The molecule has 0 fully saturated rings. The number of carboxylic acids is 1. The number of carbonyl (C=O) groups excluding carboxylic acids is 1. The predicted octanol–water partition coefficient (Wildman–Crippen LogP) is 1.64. The molecule has 11 heteroatoms. The number of amides is 1. The zero-order valence-corrected chi connectivity index (χ0v) is 14.8. The van der Waals surface area contributed by atoms with Gasteiger partial charge in [-0.1, -0.05) is 0 Å². The molecule has 1 aromatic heterocycles. The number of nitro benzene ring substituents is 1. The quantitative estimate of drug-likeness (QED) is 0.520. The van der Waals surface area contributed by atoms with E-state index in [1.807, 2.05) is 0 Å². The normalized spacial score (nSPS) is 10.9. The molecule has 1 aromatic carbocycles. The van der Waals surface area contributed by atoms with Crippen LogP contribution in [0.5, 0.6) is 11.5 Å². The zero-order valence-electron chi connectivity index (χ0n) is 14.8. The van der Waals surface area contributed by atoms with Gasteiger partial charge in [0.05, 0.1) is 23.9 Å². The van der Waals surface area contributed by atoms with E-state index in [1.165, 1.54) is 56.2 Å². The van der Waals surface area contributed by atoms with Gasteiger partial charge in [-0.2, -0.15) is 5.10 Å². The van der Waals surface area contributed by atoms with Gasteiger partial charge in [0.2, 0.25) is 5.75 Å². The van der Waals surface area contributed by atoms with Gasteiger partial charge in [0.15, 0.2) is 12.1 Å². The standard InChI is InChI=1S/C16H18N4O7/c1-16(2,15(22)23)19-8-10(7-17-19)18-14(21)9-27-11-4-5-12(20(24)25)13(6-11)26-3/h4-8H,9H2,1-3H3,(H,18,21)(H,22,23). The van der Waals surface area contributed by atoms with E-state index >= 15 is 0 Å². The van der Waals surface area contributed by atoms with Gasteiger partial charge >= 0.3 is 11.7 Å². The number of carbonyl (C=O) groups is 2. The fraction of sp³-hybridized carbons (Fsp3) is 0.312. The summed E-state index contributed by atoms with van der Waals surface area (Å²) in [6, 6.07) is 3.87. The number of rotatable bonds is 8. The largest absolute Gasteiger partial charge is 0.490 e. The van der Waals surface area contributed by atoms with Gasteiger partial charge in [0.1, 0.15) is 5.75 Å². The second-order valence-corrected chi connectivity index (χ2v) is 5.97. The molecule has 11 nitrogen and oxygen atoms in total. The molecule has 144 valence electrons. The molecule has 0 saturated carbocycles. The number of nitro groups is 1. The fourth-order valence-electron chi connectivity index (χ4n) is 2.04. The molecule has 0 aliphatic rings. The minimum Gasteiger partial charge on any atom is -0.490 e. The summed E-state index contributed by atoms with van der Waals surface area (Å²) in [6.45, 7) is 2.58. The first kappa shape index (κ1) is 19.7. The summed E-state index contributed by atoms with van der Waals surface area (Å²) < 4.78 is 11.4. The predicted molar refractivity (Wildman–Crippen MR) is 93.0 cm³/mol. The number of hydrogen-bond donors (Lipinski definition) is 2. The molecule has 27 heavy (non-hydrogen) atoms. The van der Waals surface area contributed by atoms with E-state index in [2.05, 4.69) is 10.4 Å². The van der Waals surface area contributed by atoms with E-state index < -0.39 is 22.3 Å². The van der Waals surface area contributed by atoms with Gasteiger partial charge in [0, 0.05) is 18.3 Å². The summed E-state index contributed by atoms with van der Waals surface area (Å²) in [5.74, 6) is -1.36. The number of aromatic nitrogens is 2. The van der Waals surface area contributed by atoms with Crippen molar-refractivity contribution in [1.82, 2.24) is 9.78 Å². The number of aliphatic carboxylic acids is 1. The highest BCUT2D eigenvalue weighted by Crippen LogP contribution is 2.30. The molecule has 2 rings (SSSR count). The number of nitrogens with one attached hydrogen (secondary N) is 1. The van der Waals surface area contributed by atoms with E-state index in [0.717, 1.165) is 0 Å². The van der Waals surface area contributed by atoms with E-state index in [-0.39, 0.29) is 23.8 Å². The third kappa shape index (κ3) is 4.51. The van der Waals surface area contributed by atoms with Crippen LogP contribution in [-0.2, 0) is 15.1 Å². The fourth-order valence-corrected chi connectivity index (χ4v) is 2.04. The summed E-state index contributed by atoms with van der Waals surface area (Å²) in [7, 11) is 1.29. The number of hydrogen-bond acceptors (Lipinski definition) is 7. The SMILES string of the molecule is COc1cc(OCC(=O)Nc2cnn(C(C)(C)C(=O)O)c2)ccc1[N+](=O)[O-]. The third-order valence-corrected chi connectivity index (χ3v) is 3.68. The number of methoxy groups -OCH3 is 1. The van der Waals surface area contributed by atoms with Crippen molar-refractivity contribution in [2.24, 2.45) is 0 Å². The Balaban J connectivity index is 1.98. The molecular weight excluding hydrogens is 360 g/mol. The van der Waals surface area contributed by atoms with Gasteiger partial charge in [-0.25, -0.2) is 4.79 Å². The van der Waals surface area contributed by atoms with Crippen molar-refractivity contribution in [2.45, 2.75) is 19.4 Å². The van der Waals surface area contributed by atoms with Crippen molar-refractivity contribution in [1.29, 1.82) is 0 Å². The van der Waals surface area contributed by atoms with E-state index in [0.29, 0.717) is 5.69 Å². The summed E-state index contributed by atoms with van der Waals surface area (Å²) in [5, 5.41) is 26.5. The van der Waals surface area contributed by atoms with Gasteiger partial charge < -0.3 is 19.9 Å². The van der Waals surface area contributed by atoms with Crippen LogP contribution >= 0.6 is 0 Å². The Labute approximate surface area is 153 Å². The zero-order chi connectivity index (χ0) is 20.2. The van der Waals surface area contributed by atoms with E-state index in [1.54, 1.807) is 0 Å². The minimum absolute atomic E-state index is 0.00934. The molecule has 0 atom stereocenters. The molecule has 2 aromatic rings. The first-order valence-electron chi connectivity index (χ1n) is 7.68. The van der Waals surface area contributed by atoms with Crippen LogP contribution in [0.4, 0.5) is 11.4 Å². The van der Waals surface area contributed by atoms with Gasteiger partial charge in [-0.3, -0.25) is 19.6 Å². The van der Waals surface area contributed by atoms with Crippen molar-refractivity contribution in [3.05, 3.63) is 40.7 Å². The molecule has 0 spiro atoms. The molecule has 0 aliphatic carbocycles. The number of benzene rings is 1. The van der Waals surface area contributed by atoms with Crippen molar-refractivity contribution < 1.29 is 29.1 Å². The molecular formula is C16H18N4O7. The van der Waals surface area contributed by atoms with Crippen LogP contribution in [0.3, 0.4) is 0 Å². The van der Waals surface area contributed by atoms with Crippen molar-refractivity contribution in [3.8, 4) is 11.5 Å². The molecule has 2 N–H and O–H groups in total. The molecule has 0 radical (unpaired) electrons. The summed E-state index contributed by atoms with van der Waals surface area (Å²) in [5.41, 5.74) is -1.18. The topological polar surface area (TPSA) is 146 Å². The number of nitrogens with zero attached hydrogens (tertiary/aromatic N) is 3. The number of ether oxygens (including phenoxy) is 2. The Morgan fingerprint density at radius 2 is 2.11 bits per heavy atom. The molecule has 0 unspecified atom stereocenters. The minimum atomic E-state index is -1.27. The molecule has 0 aliphatic heterocycles. The lowest BCUT2D eigenvalue weighted by Crippen LogP contribution is -2.35. The van der Waals surface area contributed by atoms with Crippen LogP contribution in [0.15, 0.2) is 30.6 Å². The third-order valence-electron chi connectivity index (χ3n) is 3.68. The smallest absolute Gasteiger partial charge is 0.331 e. The Morgan fingerprint density at radius 1 is 1.41 bits per heavy atom. The van der Waals surface area contributed by atoms with Crippen LogP contribution in [0, 0.1) is 10.1 Å². The first-order valence-corrected chi connectivity index (χ1v) is 7.68. The first-order chi connectivity index (χ1) is 12.6. The Hall–Kier alpha value is -3.63. The highest BCUT2D eigenvalue weighted by atomic mass is 16.6. The molecule has 0 bridgehead atoms. The Morgan fingerprint density at radius 3 is 2.70 bits per heavy atom. The lowest BCUT2D eigenvalue weighted by atomic mass is 10.1. The van der Waals surface area contributed by atoms with Crippen LogP contribution in [-0.4, -0.2) is 45.4 Å². The maximum atomic E-state index is 12.0.